The molecule has 2 aromatic carbocycles. The van der Waals surface area contributed by atoms with E-state index in [0.29, 0.717) is 42.3 Å². The first-order valence-electron chi connectivity index (χ1n) is 9.50. The van der Waals surface area contributed by atoms with Crippen molar-refractivity contribution >= 4 is 11.9 Å². The predicted octanol–water partition coefficient (Wildman–Crippen LogP) is 3.27. The number of nitrogens with one attached hydrogen (secondary N) is 1. The van der Waals surface area contributed by atoms with E-state index in [2.05, 4.69) is 5.32 Å². The molecule has 1 fully saturated rings. The summed E-state index contributed by atoms with van der Waals surface area (Å²) >= 11 is 0. The fourth-order valence-electron chi connectivity index (χ4n) is 3.56. The number of carboxylic acids is 1. The Morgan fingerprint density at radius 2 is 1.72 bits per heavy atom. The van der Waals surface area contributed by atoms with Crippen LogP contribution in [0.3, 0.4) is 0 Å². The number of carbonyl (C=O) groups excluding carboxylic acids is 1. The molecule has 7 heteroatoms. The molecule has 0 saturated heterocycles. The second-order valence-electron chi connectivity index (χ2n) is 6.94. The van der Waals surface area contributed by atoms with Crippen molar-refractivity contribution in [2.45, 2.75) is 31.9 Å². The monoisotopic (exact) mass is 399 g/mol. The molecule has 0 bridgehead atoms. The third-order valence-electron chi connectivity index (χ3n) is 5.10. The zero-order chi connectivity index (χ0) is 20.8. The topological polar surface area (TPSA) is 94.1 Å². The van der Waals surface area contributed by atoms with E-state index in [-0.39, 0.29) is 11.9 Å². The standard InChI is InChI=1S/C22H25NO6/c1-27-18-11-15(21(24)23-17-10-6-9-16(17)22(25)26)12-19(28-2)20(18)29-13-14-7-4-3-5-8-14/h3-5,7-8,11-12,16-17H,6,9-10,13H2,1-2H3,(H,23,24)(H,25,26)/t16-,17+/m0/s1. The fraction of sp³-hybridized carbons (Fsp3) is 0.364. The van der Waals surface area contributed by atoms with Gasteiger partial charge in [0.1, 0.15) is 6.61 Å². The lowest BCUT2D eigenvalue weighted by atomic mass is 10.0. The number of carboxylic acid groups (broad SMARTS) is 1. The Morgan fingerprint density at radius 3 is 2.31 bits per heavy atom. The van der Waals surface area contributed by atoms with Gasteiger partial charge >= 0.3 is 5.97 Å². The molecule has 0 spiro atoms. The van der Waals surface area contributed by atoms with Crippen molar-refractivity contribution in [2.75, 3.05) is 14.2 Å². The van der Waals surface area contributed by atoms with Gasteiger partial charge in [-0.1, -0.05) is 36.8 Å². The summed E-state index contributed by atoms with van der Waals surface area (Å²) in [5.41, 5.74) is 1.31. The molecular formula is C22H25NO6. The first kappa shape index (κ1) is 20.5. The smallest absolute Gasteiger partial charge is 0.308 e. The summed E-state index contributed by atoms with van der Waals surface area (Å²) in [6, 6.07) is 12.4. The number of hydrogen-bond donors (Lipinski definition) is 2. The highest BCUT2D eigenvalue weighted by Crippen LogP contribution is 2.39. The van der Waals surface area contributed by atoms with Crippen molar-refractivity contribution < 1.29 is 28.9 Å². The van der Waals surface area contributed by atoms with Gasteiger partial charge in [0.05, 0.1) is 20.1 Å². The van der Waals surface area contributed by atoms with Crippen LogP contribution in [0.15, 0.2) is 42.5 Å². The van der Waals surface area contributed by atoms with Crippen LogP contribution in [0.25, 0.3) is 0 Å². The summed E-state index contributed by atoms with van der Waals surface area (Å²) in [6.07, 6.45) is 2.00. The van der Waals surface area contributed by atoms with Crippen molar-refractivity contribution in [3.05, 3.63) is 53.6 Å². The van der Waals surface area contributed by atoms with Gasteiger partial charge in [-0.05, 0) is 30.5 Å². The van der Waals surface area contributed by atoms with Gasteiger partial charge in [-0.25, -0.2) is 0 Å². The number of benzene rings is 2. The molecule has 29 heavy (non-hydrogen) atoms. The molecule has 2 atom stereocenters. The number of rotatable bonds is 8. The molecule has 2 N–H and O–H groups in total. The average Bonchev–Trinajstić information content (AvgIpc) is 3.20. The summed E-state index contributed by atoms with van der Waals surface area (Å²) in [5.74, 6) is -0.670. The summed E-state index contributed by atoms with van der Waals surface area (Å²) in [5, 5.41) is 12.1. The average molecular weight is 399 g/mol. The molecule has 7 nitrogen and oxygen atoms in total. The number of methoxy groups -OCH3 is 2. The fourth-order valence-corrected chi connectivity index (χ4v) is 3.56. The zero-order valence-electron chi connectivity index (χ0n) is 16.5. The van der Waals surface area contributed by atoms with Gasteiger partial charge in [0.25, 0.3) is 5.91 Å². The van der Waals surface area contributed by atoms with Crippen molar-refractivity contribution in [1.29, 1.82) is 0 Å². The van der Waals surface area contributed by atoms with E-state index in [9.17, 15) is 14.7 Å². The van der Waals surface area contributed by atoms with Crippen molar-refractivity contribution in [3.8, 4) is 17.2 Å². The Balaban J connectivity index is 1.79. The van der Waals surface area contributed by atoms with Crippen LogP contribution >= 0.6 is 0 Å². The maximum Gasteiger partial charge on any atom is 0.308 e. The van der Waals surface area contributed by atoms with Gasteiger partial charge in [0.2, 0.25) is 5.75 Å². The largest absolute Gasteiger partial charge is 0.493 e. The Hall–Kier alpha value is -3.22. The molecular weight excluding hydrogens is 374 g/mol. The van der Waals surface area contributed by atoms with E-state index in [1.807, 2.05) is 30.3 Å². The van der Waals surface area contributed by atoms with Crippen molar-refractivity contribution in [3.63, 3.8) is 0 Å². The van der Waals surface area contributed by atoms with Gasteiger partial charge in [-0.15, -0.1) is 0 Å². The lowest BCUT2D eigenvalue weighted by molar-refractivity contribution is -0.142. The van der Waals surface area contributed by atoms with Crippen LogP contribution in [0, 0.1) is 5.92 Å². The van der Waals surface area contributed by atoms with Crippen LogP contribution in [0.4, 0.5) is 0 Å². The summed E-state index contributed by atoms with van der Waals surface area (Å²) in [6.45, 7) is 0.321. The van der Waals surface area contributed by atoms with Crippen LogP contribution in [-0.4, -0.2) is 37.2 Å². The Morgan fingerprint density at radius 1 is 1.07 bits per heavy atom. The lowest BCUT2D eigenvalue weighted by Crippen LogP contribution is -2.40. The molecule has 0 aliphatic heterocycles. The minimum atomic E-state index is -0.882. The summed E-state index contributed by atoms with van der Waals surface area (Å²) < 4.78 is 16.7. The molecule has 2 aromatic rings. The number of aliphatic carboxylic acids is 1. The lowest BCUT2D eigenvalue weighted by Gasteiger charge is -2.19. The van der Waals surface area contributed by atoms with Crippen LogP contribution in [0.1, 0.15) is 35.2 Å². The van der Waals surface area contributed by atoms with E-state index >= 15 is 0 Å². The van der Waals surface area contributed by atoms with Gasteiger partial charge in [-0.2, -0.15) is 0 Å². The Labute approximate surface area is 169 Å². The number of hydrogen-bond acceptors (Lipinski definition) is 5. The third kappa shape index (κ3) is 4.80. The number of ether oxygens (including phenoxy) is 3. The first-order valence-corrected chi connectivity index (χ1v) is 9.50. The summed E-state index contributed by atoms with van der Waals surface area (Å²) in [7, 11) is 2.98. The van der Waals surface area contributed by atoms with Crippen LogP contribution < -0.4 is 19.5 Å². The molecule has 154 valence electrons. The minimum Gasteiger partial charge on any atom is -0.493 e. The molecule has 0 radical (unpaired) electrons. The molecule has 1 aliphatic carbocycles. The third-order valence-corrected chi connectivity index (χ3v) is 5.10. The second kappa shape index (κ2) is 9.32. The van der Waals surface area contributed by atoms with Gasteiger partial charge in [0.15, 0.2) is 11.5 Å². The van der Waals surface area contributed by atoms with E-state index in [1.165, 1.54) is 14.2 Å². The molecule has 0 aromatic heterocycles. The van der Waals surface area contributed by atoms with Gasteiger partial charge < -0.3 is 24.6 Å². The molecule has 0 heterocycles. The predicted molar refractivity (Wildman–Crippen MR) is 107 cm³/mol. The van der Waals surface area contributed by atoms with Gasteiger partial charge in [0, 0.05) is 11.6 Å². The first-order chi connectivity index (χ1) is 14.0. The normalized spacial score (nSPS) is 18.1. The summed E-state index contributed by atoms with van der Waals surface area (Å²) in [4.78, 5) is 24.1. The van der Waals surface area contributed by atoms with E-state index in [1.54, 1.807) is 12.1 Å². The number of carbonyl (C=O) groups is 2. The van der Waals surface area contributed by atoms with Crippen LogP contribution in [-0.2, 0) is 11.4 Å². The maximum atomic E-state index is 12.7. The van der Waals surface area contributed by atoms with Crippen molar-refractivity contribution in [2.24, 2.45) is 5.92 Å². The SMILES string of the molecule is COc1cc(C(=O)N[C@@H]2CCC[C@@H]2C(=O)O)cc(OC)c1OCc1ccccc1. The van der Waals surface area contributed by atoms with E-state index in [0.717, 1.165) is 12.0 Å². The molecule has 3 rings (SSSR count). The van der Waals surface area contributed by atoms with Crippen LogP contribution in [0.5, 0.6) is 17.2 Å². The highest BCUT2D eigenvalue weighted by atomic mass is 16.5. The van der Waals surface area contributed by atoms with Gasteiger partial charge in [-0.3, -0.25) is 9.59 Å². The van der Waals surface area contributed by atoms with Crippen LogP contribution in [0.2, 0.25) is 0 Å². The second-order valence-corrected chi connectivity index (χ2v) is 6.94. The molecule has 0 unspecified atom stereocenters. The molecule has 1 amide bonds. The molecule has 1 aliphatic rings. The quantitative estimate of drug-likeness (QED) is 0.708. The molecule has 1 saturated carbocycles. The van der Waals surface area contributed by atoms with E-state index < -0.39 is 11.9 Å². The zero-order valence-corrected chi connectivity index (χ0v) is 16.5. The highest BCUT2D eigenvalue weighted by molar-refractivity contribution is 5.96. The Kier molecular flexibility index (Phi) is 6.59. The minimum absolute atomic E-state index is 0.321. The number of amides is 1. The maximum absolute atomic E-state index is 12.7. The van der Waals surface area contributed by atoms with Crippen molar-refractivity contribution in [1.82, 2.24) is 5.32 Å². The van der Waals surface area contributed by atoms with E-state index in [4.69, 9.17) is 14.2 Å². The Bertz CT molecular complexity index is 842. The highest BCUT2D eigenvalue weighted by Gasteiger charge is 2.34.